The Balaban J connectivity index is 0.000000293. The van der Waals surface area contributed by atoms with Gasteiger partial charge in [0.25, 0.3) is 0 Å². The van der Waals surface area contributed by atoms with Crippen LogP contribution in [0.25, 0.3) is 0 Å². The molecule has 0 saturated heterocycles. The van der Waals surface area contributed by atoms with Gasteiger partial charge in [0.2, 0.25) is 0 Å². The first-order valence-electron chi connectivity index (χ1n) is 5.58. The molecule has 0 aromatic heterocycles. The SMILES string of the molecule is CCC.C[C@@H]1Cc2ccccc2CN1. The molecule has 0 fully saturated rings. The van der Waals surface area contributed by atoms with Crippen LogP contribution >= 0.6 is 0 Å². The number of rotatable bonds is 0. The van der Waals surface area contributed by atoms with E-state index in [1.54, 1.807) is 0 Å². The molecule has 1 atom stereocenters. The average molecular weight is 191 g/mol. The predicted molar refractivity (Wildman–Crippen MR) is 62.4 cm³/mol. The van der Waals surface area contributed by atoms with Crippen LogP contribution in [0.2, 0.25) is 0 Å². The summed E-state index contributed by atoms with van der Waals surface area (Å²) in [7, 11) is 0. The van der Waals surface area contributed by atoms with Gasteiger partial charge in [-0.25, -0.2) is 0 Å². The Labute approximate surface area is 87.5 Å². The zero-order valence-corrected chi connectivity index (χ0v) is 9.51. The summed E-state index contributed by atoms with van der Waals surface area (Å²) in [4.78, 5) is 0. The fourth-order valence-electron chi connectivity index (χ4n) is 1.62. The highest BCUT2D eigenvalue weighted by Gasteiger charge is 2.12. The van der Waals surface area contributed by atoms with Gasteiger partial charge in [0.05, 0.1) is 0 Å². The molecular weight excluding hydrogens is 170 g/mol. The van der Waals surface area contributed by atoms with Crippen LogP contribution < -0.4 is 5.32 Å². The lowest BCUT2D eigenvalue weighted by Crippen LogP contribution is -2.32. The highest BCUT2D eigenvalue weighted by Crippen LogP contribution is 2.15. The molecule has 1 nitrogen and oxygen atoms in total. The maximum absolute atomic E-state index is 3.44. The van der Waals surface area contributed by atoms with E-state index in [1.165, 1.54) is 24.0 Å². The summed E-state index contributed by atoms with van der Waals surface area (Å²) in [5, 5.41) is 3.44. The summed E-state index contributed by atoms with van der Waals surface area (Å²) in [6, 6.07) is 9.30. The van der Waals surface area contributed by atoms with E-state index >= 15 is 0 Å². The van der Waals surface area contributed by atoms with Crippen molar-refractivity contribution in [2.75, 3.05) is 0 Å². The van der Waals surface area contributed by atoms with Gasteiger partial charge in [-0.1, -0.05) is 44.5 Å². The molecule has 0 spiro atoms. The van der Waals surface area contributed by atoms with Gasteiger partial charge >= 0.3 is 0 Å². The molecule has 0 bridgehead atoms. The first-order valence-corrected chi connectivity index (χ1v) is 5.58. The van der Waals surface area contributed by atoms with Gasteiger partial charge in [0, 0.05) is 12.6 Å². The van der Waals surface area contributed by atoms with Crippen LogP contribution in [-0.4, -0.2) is 6.04 Å². The molecular formula is C13H21N. The molecule has 2 rings (SSSR count). The lowest BCUT2D eigenvalue weighted by molar-refractivity contribution is 0.513. The zero-order valence-electron chi connectivity index (χ0n) is 9.51. The number of hydrogen-bond acceptors (Lipinski definition) is 1. The van der Waals surface area contributed by atoms with Crippen LogP contribution in [0.1, 0.15) is 38.3 Å². The standard InChI is InChI=1S/C10H13N.C3H8/c1-8-6-9-4-2-3-5-10(9)7-11-8;1-3-2/h2-5,8,11H,6-7H2,1H3;3H2,1-2H3/t8-;/m1./s1. The van der Waals surface area contributed by atoms with Crippen molar-refractivity contribution in [2.24, 2.45) is 0 Å². The Morgan fingerprint density at radius 2 is 1.79 bits per heavy atom. The minimum absolute atomic E-state index is 0.643. The third-order valence-corrected chi connectivity index (χ3v) is 2.29. The lowest BCUT2D eigenvalue weighted by Gasteiger charge is -2.22. The topological polar surface area (TPSA) is 12.0 Å². The van der Waals surface area contributed by atoms with Crippen LogP contribution in [0.3, 0.4) is 0 Å². The summed E-state index contributed by atoms with van der Waals surface area (Å²) < 4.78 is 0. The van der Waals surface area contributed by atoms with Gasteiger partial charge in [0.1, 0.15) is 0 Å². The first-order chi connectivity index (χ1) is 6.77. The molecule has 0 saturated carbocycles. The summed E-state index contributed by atoms with van der Waals surface area (Å²) in [6.07, 6.45) is 2.43. The lowest BCUT2D eigenvalue weighted by atomic mass is 9.97. The second kappa shape index (κ2) is 5.82. The van der Waals surface area contributed by atoms with E-state index in [0.717, 1.165) is 6.54 Å². The fourth-order valence-corrected chi connectivity index (χ4v) is 1.62. The highest BCUT2D eigenvalue weighted by molar-refractivity contribution is 5.29. The molecule has 0 aliphatic carbocycles. The Morgan fingerprint density at radius 3 is 2.43 bits per heavy atom. The number of hydrogen-bond donors (Lipinski definition) is 1. The molecule has 1 aliphatic heterocycles. The maximum Gasteiger partial charge on any atom is 0.0210 e. The van der Waals surface area contributed by atoms with E-state index < -0.39 is 0 Å². The average Bonchev–Trinajstić information content (AvgIpc) is 2.19. The smallest absolute Gasteiger partial charge is 0.0210 e. The van der Waals surface area contributed by atoms with Crippen LogP contribution in [-0.2, 0) is 13.0 Å². The largest absolute Gasteiger partial charge is 0.310 e. The van der Waals surface area contributed by atoms with E-state index in [1.807, 2.05) is 0 Å². The van der Waals surface area contributed by atoms with E-state index in [-0.39, 0.29) is 0 Å². The van der Waals surface area contributed by atoms with Crippen molar-refractivity contribution in [1.29, 1.82) is 0 Å². The van der Waals surface area contributed by atoms with Crippen molar-refractivity contribution in [3.8, 4) is 0 Å². The monoisotopic (exact) mass is 191 g/mol. The summed E-state index contributed by atoms with van der Waals surface area (Å²) in [5.41, 5.74) is 2.98. The predicted octanol–water partition coefficient (Wildman–Crippen LogP) is 3.14. The maximum atomic E-state index is 3.44. The number of nitrogens with one attached hydrogen (secondary N) is 1. The van der Waals surface area contributed by atoms with Crippen LogP contribution in [0.15, 0.2) is 24.3 Å². The second-order valence-corrected chi connectivity index (χ2v) is 3.96. The summed E-state index contributed by atoms with van der Waals surface area (Å²) in [5.74, 6) is 0. The van der Waals surface area contributed by atoms with Gasteiger partial charge in [-0.05, 0) is 24.5 Å². The Morgan fingerprint density at radius 1 is 1.21 bits per heavy atom. The number of fused-ring (bicyclic) bond motifs is 1. The highest BCUT2D eigenvalue weighted by atomic mass is 14.9. The van der Waals surface area contributed by atoms with E-state index in [9.17, 15) is 0 Å². The summed E-state index contributed by atoms with van der Waals surface area (Å²) in [6.45, 7) is 7.52. The quantitative estimate of drug-likeness (QED) is 0.664. The molecule has 14 heavy (non-hydrogen) atoms. The minimum atomic E-state index is 0.643. The van der Waals surface area contributed by atoms with Gasteiger partial charge in [-0.3, -0.25) is 0 Å². The van der Waals surface area contributed by atoms with Crippen molar-refractivity contribution >= 4 is 0 Å². The van der Waals surface area contributed by atoms with Gasteiger partial charge in [0.15, 0.2) is 0 Å². The zero-order chi connectivity index (χ0) is 10.4. The molecule has 1 heteroatoms. The van der Waals surface area contributed by atoms with Gasteiger partial charge < -0.3 is 5.32 Å². The van der Waals surface area contributed by atoms with Crippen molar-refractivity contribution < 1.29 is 0 Å². The van der Waals surface area contributed by atoms with Crippen LogP contribution in [0.4, 0.5) is 0 Å². The van der Waals surface area contributed by atoms with Gasteiger partial charge in [-0.15, -0.1) is 0 Å². The Bertz CT molecular complexity index is 268. The molecule has 0 amide bonds. The van der Waals surface area contributed by atoms with E-state index in [2.05, 4.69) is 50.4 Å². The Hall–Kier alpha value is -0.820. The van der Waals surface area contributed by atoms with E-state index in [0.29, 0.717) is 6.04 Å². The van der Waals surface area contributed by atoms with Crippen LogP contribution in [0, 0.1) is 0 Å². The minimum Gasteiger partial charge on any atom is -0.310 e. The third kappa shape index (κ3) is 3.15. The molecule has 1 aromatic carbocycles. The Kier molecular flexibility index (Phi) is 4.68. The molecule has 1 N–H and O–H groups in total. The summed E-state index contributed by atoms with van der Waals surface area (Å²) >= 11 is 0. The molecule has 1 heterocycles. The fraction of sp³-hybridized carbons (Fsp3) is 0.538. The molecule has 1 aliphatic rings. The molecule has 1 aromatic rings. The second-order valence-electron chi connectivity index (χ2n) is 3.96. The van der Waals surface area contributed by atoms with Crippen molar-refractivity contribution in [2.45, 2.75) is 46.2 Å². The molecule has 78 valence electrons. The van der Waals surface area contributed by atoms with E-state index in [4.69, 9.17) is 0 Å². The van der Waals surface area contributed by atoms with Gasteiger partial charge in [-0.2, -0.15) is 0 Å². The molecule has 0 radical (unpaired) electrons. The van der Waals surface area contributed by atoms with Crippen molar-refractivity contribution in [3.63, 3.8) is 0 Å². The normalized spacial score (nSPS) is 19.2. The van der Waals surface area contributed by atoms with Crippen molar-refractivity contribution in [1.82, 2.24) is 5.32 Å². The third-order valence-electron chi connectivity index (χ3n) is 2.29. The van der Waals surface area contributed by atoms with Crippen LogP contribution in [0.5, 0.6) is 0 Å². The number of benzene rings is 1. The molecule has 0 unspecified atom stereocenters. The van der Waals surface area contributed by atoms with Crippen molar-refractivity contribution in [3.05, 3.63) is 35.4 Å². The first kappa shape index (κ1) is 11.3.